The highest BCUT2D eigenvalue weighted by Gasteiger charge is 2.18. The molecule has 0 heterocycles. The van der Waals surface area contributed by atoms with Gasteiger partial charge in [0, 0.05) is 10.6 Å². The molecule has 0 aromatic heterocycles. The number of aliphatic hydroxyl groups is 2. The predicted molar refractivity (Wildman–Crippen MR) is 73.8 cm³/mol. The number of rotatable bonds is 6. The molecule has 0 bridgehead atoms. The molecule has 2 atom stereocenters. The molecule has 1 aromatic rings. The van der Waals surface area contributed by atoms with Crippen molar-refractivity contribution in [2.24, 2.45) is 0 Å². The quantitative estimate of drug-likeness (QED) is 0.846. The van der Waals surface area contributed by atoms with Gasteiger partial charge in [-0.2, -0.15) is 0 Å². The van der Waals surface area contributed by atoms with Crippen LogP contribution in [0.1, 0.15) is 31.7 Å². The lowest BCUT2D eigenvalue weighted by Crippen LogP contribution is -2.15. The Kier molecular flexibility index (Phi) is 6.22. The van der Waals surface area contributed by atoms with Crippen LogP contribution in [0, 0.1) is 0 Å². The maximum absolute atomic E-state index is 9.49. The maximum Gasteiger partial charge on any atom is 0.141 e. The van der Waals surface area contributed by atoms with Gasteiger partial charge in [-0.15, -0.1) is 0 Å². The Morgan fingerprint density at radius 3 is 2.56 bits per heavy atom. The third-order valence-electron chi connectivity index (χ3n) is 2.69. The Hall–Kier alpha value is -0.480. The molecule has 2 N–H and O–H groups in total. The molecule has 0 aliphatic rings. The summed E-state index contributed by atoms with van der Waals surface area (Å²) < 4.78 is 5.52. The summed E-state index contributed by atoms with van der Waals surface area (Å²) in [6, 6.07) is 3.42. The van der Waals surface area contributed by atoms with Crippen LogP contribution in [0.25, 0.3) is 0 Å². The molecule has 0 saturated carbocycles. The highest BCUT2D eigenvalue weighted by Crippen LogP contribution is 2.38. The third kappa shape index (κ3) is 4.02. The Morgan fingerprint density at radius 2 is 2.00 bits per heavy atom. The van der Waals surface area contributed by atoms with Crippen LogP contribution in [0.15, 0.2) is 12.1 Å². The van der Waals surface area contributed by atoms with E-state index in [-0.39, 0.29) is 12.5 Å². The molecule has 0 saturated heterocycles. The largest absolute Gasteiger partial charge is 0.492 e. The summed E-state index contributed by atoms with van der Waals surface area (Å²) >= 11 is 12.1. The van der Waals surface area contributed by atoms with Crippen LogP contribution in [0.2, 0.25) is 10.0 Å². The monoisotopic (exact) mass is 292 g/mol. The van der Waals surface area contributed by atoms with Gasteiger partial charge in [-0.05, 0) is 31.4 Å². The first-order valence-electron chi connectivity index (χ1n) is 5.90. The molecule has 0 radical (unpaired) electrons. The van der Waals surface area contributed by atoms with Crippen LogP contribution in [-0.4, -0.2) is 29.5 Å². The summed E-state index contributed by atoms with van der Waals surface area (Å²) in [6.45, 7) is 4.05. The predicted octanol–water partition coefficient (Wildman–Crippen LogP) is 3.24. The smallest absolute Gasteiger partial charge is 0.141 e. The van der Waals surface area contributed by atoms with Crippen molar-refractivity contribution >= 4 is 23.2 Å². The topological polar surface area (TPSA) is 49.7 Å². The van der Waals surface area contributed by atoms with Crippen LogP contribution >= 0.6 is 23.2 Å². The zero-order chi connectivity index (χ0) is 13.7. The lowest BCUT2D eigenvalue weighted by Gasteiger charge is -2.20. The lowest BCUT2D eigenvalue weighted by molar-refractivity contribution is 0.0833. The van der Waals surface area contributed by atoms with Crippen LogP contribution in [0.5, 0.6) is 5.75 Å². The first-order valence-corrected chi connectivity index (χ1v) is 6.65. The number of hydrogen-bond donors (Lipinski definition) is 2. The number of hydrogen-bond acceptors (Lipinski definition) is 3. The SMILES string of the molecule is CCOc1c(Cl)cc(Cl)cc1C(C)CC(O)CO. The van der Waals surface area contributed by atoms with Gasteiger partial charge in [0.25, 0.3) is 0 Å². The fourth-order valence-electron chi connectivity index (χ4n) is 1.85. The number of aliphatic hydroxyl groups excluding tert-OH is 2. The molecule has 0 spiro atoms. The van der Waals surface area contributed by atoms with Crippen molar-refractivity contribution in [3.8, 4) is 5.75 Å². The summed E-state index contributed by atoms with van der Waals surface area (Å²) in [5.41, 5.74) is 0.849. The molecule has 3 nitrogen and oxygen atoms in total. The van der Waals surface area contributed by atoms with Gasteiger partial charge in [0.15, 0.2) is 0 Å². The maximum atomic E-state index is 9.49. The average molecular weight is 293 g/mol. The summed E-state index contributed by atoms with van der Waals surface area (Å²) in [4.78, 5) is 0. The molecule has 0 aliphatic carbocycles. The molecular formula is C13H18Cl2O3. The highest BCUT2D eigenvalue weighted by molar-refractivity contribution is 6.35. The van der Waals surface area contributed by atoms with E-state index in [1.165, 1.54) is 0 Å². The fourth-order valence-corrected chi connectivity index (χ4v) is 2.42. The summed E-state index contributed by atoms with van der Waals surface area (Å²) in [5, 5.41) is 19.4. The van der Waals surface area contributed by atoms with Crippen LogP contribution < -0.4 is 4.74 Å². The van der Waals surface area contributed by atoms with E-state index in [1.54, 1.807) is 12.1 Å². The second-order valence-electron chi connectivity index (χ2n) is 4.21. The molecule has 0 amide bonds. The van der Waals surface area contributed by atoms with Crippen molar-refractivity contribution in [2.75, 3.05) is 13.2 Å². The number of benzene rings is 1. The standard InChI is InChI=1S/C13H18Cl2O3/c1-3-18-13-11(5-9(14)6-12(13)15)8(2)4-10(17)7-16/h5-6,8,10,16-17H,3-4,7H2,1-2H3. The van der Waals surface area contributed by atoms with E-state index in [4.69, 9.17) is 33.0 Å². The van der Waals surface area contributed by atoms with Gasteiger partial charge in [-0.1, -0.05) is 30.1 Å². The van der Waals surface area contributed by atoms with Crippen molar-refractivity contribution in [1.82, 2.24) is 0 Å². The number of halogens is 2. The first kappa shape index (κ1) is 15.6. The van der Waals surface area contributed by atoms with Crippen molar-refractivity contribution in [1.29, 1.82) is 0 Å². The Bertz CT molecular complexity index is 396. The van der Waals surface area contributed by atoms with E-state index in [0.29, 0.717) is 28.8 Å². The zero-order valence-electron chi connectivity index (χ0n) is 10.5. The second kappa shape index (κ2) is 7.19. The Morgan fingerprint density at radius 1 is 1.33 bits per heavy atom. The molecule has 5 heteroatoms. The minimum atomic E-state index is -0.757. The van der Waals surface area contributed by atoms with Gasteiger partial charge in [0.1, 0.15) is 5.75 Å². The second-order valence-corrected chi connectivity index (χ2v) is 5.06. The summed E-state index contributed by atoms with van der Waals surface area (Å²) in [7, 11) is 0. The molecule has 18 heavy (non-hydrogen) atoms. The van der Waals surface area contributed by atoms with Crippen molar-refractivity contribution < 1.29 is 14.9 Å². The van der Waals surface area contributed by atoms with Gasteiger partial charge in [-0.3, -0.25) is 0 Å². The molecule has 102 valence electrons. The van der Waals surface area contributed by atoms with Gasteiger partial charge < -0.3 is 14.9 Å². The highest BCUT2D eigenvalue weighted by atomic mass is 35.5. The van der Waals surface area contributed by atoms with Crippen LogP contribution in [0.3, 0.4) is 0 Å². The third-order valence-corrected chi connectivity index (χ3v) is 3.19. The van der Waals surface area contributed by atoms with Gasteiger partial charge in [0.05, 0.1) is 24.3 Å². The molecule has 0 aliphatic heterocycles. The molecule has 1 aromatic carbocycles. The molecule has 1 rings (SSSR count). The lowest BCUT2D eigenvalue weighted by atomic mass is 9.94. The Labute approximate surface area is 117 Å². The van der Waals surface area contributed by atoms with E-state index >= 15 is 0 Å². The first-order chi connectivity index (χ1) is 8.49. The van der Waals surface area contributed by atoms with Crippen molar-refractivity contribution in [2.45, 2.75) is 32.3 Å². The molecule has 2 unspecified atom stereocenters. The van der Waals surface area contributed by atoms with E-state index in [0.717, 1.165) is 5.56 Å². The van der Waals surface area contributed by atoms with E-state index in [2.05, 4.69) is 0 Å². The van der Waals surface area contributed by atoms with Crippen molar-refractivity contribution in [3.05, 3.63) is 27.7 Å². The van der Waals surface area contributed by atoms with E-state index < -0.39 is 6.10 Å². The van der Waals surface area contributed by atoms with Gasteiger partial charge in [-0.25, -0.2) is 0 Å². The minimum absolute atomic E-state index is 0.00935. The van der Waals surface area contributed by atoms with E-state index in [1.807, 2.05) is 13.8 Å². The summed E-state index contributed by atoms with van der Waals surface area (Å²) in [6.07, 6.45) is -0.333. The average Bonchev–Trinajstić information content (AvgIpc) is 2.32. The Balaban J connectivity index is 3.04. The van der Waals surface area contributed by atoms with Crippen LogP contribution in [0.4, 0.5) is 0 Å². The normalized spacial score (nSPS) is 14.3. The van der Waals surface area contributed by atoms with Gasteiger partial charge in [0.2, 0.25) is 0 Å². The van der Waals surface area contributed by atoms with Crippen molar-refractivity contribution in [3.63, 3.8) is 0 Å². The zero-order valence-corrected chi connectivity index (χ0v) is 12.0. The van der Waals surface area contributed by atoms with E-state index in [9.17, 15) is 5.11 Å². The van der Waals surface area contributed by atoms with Gasteiger partial charge >= 0.3 is 0 Å². The molecular weight excluding hydrogens is 275 g/mol. The molecule has 0 fully saturated rings. The minimum Gasteiger partial charge on any atom is -0.492 e. The number of ether oxygens (including phenoxy) is 1. The summed E-state index contributed by atoms with van der Waals surface area (Å²) in [5.74, 6) is 0.589. The van der Waals surface area contributed by atoms with Crippen LogP contribution in [-0.2, 0) is 0 Å². The fraction of sp³-hybridized carbons (Fsp3) is 0.538.